The second kappa shape index (κ2) is 6.97. The van der Waals surface area contributed by atoms with Crippen LogP contribution in [0.3, 0.4) is 0 Å². The first-order valence-corrected chi connectivity index (χ1v) is 9.62. The first-order chi connectivity index (χ1) is 14.2. The Balaban J connectivity index is 1.64. The lowest BCUT2D eigenvalue weighted by atomic mass is 9.95. The molecule has 2 aliphatic rings. The zero-order valence-corrected chi connectivity index (χ0v) is 16.4. The lowest BCUT2D eigenvalue weighted by Crippen LogP contribution is -2.34. The maximum atomic E-state index is 10.4. The summed E-state index contributed by atoms with van der Waals surface area (Å²) in [6.07, 6.45) is 1.82. The molecule has 3 heterocycles. The van der Waals surface area contributed by atoms with Gasteiger partial charge in [0.1, 0.15) is 11.4 Å². The van der Waals surface area contributed by atoms with Gasteiger partial charge in [-0.1, -0.05) is 29.8 Å². The van der Waals surface area contributed by atoms with Crippen LogP contribution in [0.25, 0.3) is 0 Å². The molecular formula is C22H18ClN3O3. The van der Waals surface area contributed by atoms with Crippen LogP contribution in [0.5, 0.6) is 17.2 Å². The Bertz CT molecular complexity index is 1100. The van der Waals surface area contributed by atoms with Gasteiger partial charge >= 0.3 is 0 Å². The topological polar surface area (TPSA) is 67.2 Å². The maximum Gasteiger partial charge on any atom is 0.230 e. The Hall–Kier alpha value is -3.25. The summed E-state index contributed by atoms with van der Waals surface area (Å²) in [5.74, 6) is 1.51. The van der Waals surface area contributed by atoms with Crippen molar-refractivity contribution in [1.29, 1.82) is 0 Å². The number of aromatic hydroxyl groups is 1. The molecule has 0 saturated heterocycles. The van der Waals surface area contributed by atoms with Crippen molar-refractivity contribution >= 4 is 17.3 Å². The van der Waals surface area contributed by atoms with Gasteiger partial charge in [0.2, 0.25) is 6.23 Å². The molecule has 5 rings (SSSR count). The van der Waals surface area contributed by atoms with E-state index in [1.807, 2.05) is 41.4 Å². The van der Waals surface area contributed by atoms with Gasteiger partial charge in [-0.3, -0.25) is 4.98 Å². The van der Waals surface area contributed by atoms with Gasteiger partial charge in [0.15, 0.2) is 11.5 Å². The number of phenols is 1. The van der Waals surface area contributed by atoms with Crippen molar-refractivity contribution in [2.75, 3.05) is 7.11 Å². The van der Waals surface area contributed by atoms with E-state index in [4.69, 9.17) is 26.2 Å². The second-order valence-electron chi connectivity index (χ2n) is 6.91. The molecule has 2 aromatic carbocycles. The molecule has 7 heteroatoms. The number of ether oxygens (including phenoxy) is 2. The third-order valence-corrected chi connectivity index (χ3v) is 5.45. The van der Waals surface area contributed by atoms with Gasteiger partial charge in [-0.25, -0.2) is 5.01 Å². The number of pyridine rings is 1. The zero-order valence-electron chi connectivity index (χ0n) is 15.6. The van der Waals surface area contributed by atoms with Crippen LogP contribution in [0.1, 0.15) is 35.5 Å². The number of aromatic nitrogens is 1. The van der Waals surface area contributed by atoms with E-state index in [-0.39, 0.29) is 11.8 Å². The highest BCUT2D eigenvalue weighted by Crippen LogP contribution is 2.50. The molecule has 2 aliphatic heterocycles. The fraction of sp³-hybridized carbons (Fsp3) is 0.182. The summed E-state index contributed by atoms with van der Waals surface area (Å²) in [5.41, 5.74) is 3.09. The van der Waals surface area contributed by atoms with E-state index in [9.17, 15) is 5.11 Å². The maximum absolute atomic E-state index is 10.4. The molecule has 1 aromatic heterocycles. The first kappa shape index (κ1) is 17.8. The van der Waals surface area contributed by atoms with Crippen molar-refractivity contribution in [3.05, 3.63) is 82.6 Å². The van der Waals surface area contributed by atoms with Crippen LogP contribution in [0.15, 0.2) is 65.9 Å². The van der Waals surface area contributed by atoms with Crippen molar-refractivity contribution in [2.45, 2.75) is 18.7 Å². The highest BCUT2D eigenvalue weighted by atomic mass is 35.5. The summed E-state index contributed by atoms with van der Waals surface area (Å²) in [7, 11) is 1.63. The average molecular weight is 408 g/mol. The molecular weight excluding hydrogens is 390 g/mol. The van der Waals surface area contributed by atoms with Gasteiger partial charge in [-0.15, -0.1) is 0 Å². The molecule has 2 atom stereocenters. The van der Waals surface area contributed by atoms with Gasteiger partial charge in [0, 0.05) is 28.8 Å². The number of nitrogens with zero attached hydrogens (tertiary/aromatic N) is 3. The Morgan fingerprint density at radius 1 is 1.17 bits per heavy atom. The summed E-state index contributed by atoms with van der Waals surface area (Å²) in [4.78, 5) is 4.47. The number of rotatable bonds is 3. The number of benzene rings is 2. The minimum absolute atomic E-state index is 0.0748. The molecule has 0 amide bonds. The number of methoxy groups -OCH3 is 1. The zero-order chi connectivity index (χ0) is 20.0. The molecule has 146 valence electrons. The Morgan fingerprint density at radius 2 is 2.07 bits per heavy atom. The Morgan fingerprint density at radius 3 is 2.86 bits per heavy atom. The van der Waals surface area contributed by atoms with E-state index in [1.54, 1.807) is 31.5 Å². The fourth-order valence-corrected chi connectivity index (χ4v) is 4.04. The number of para-hydroxylation sites is 1. The number of hydrazone groups is 1. The summed E-state index contributed by atoms with van der Waals surface area (Å²) in [6, 6.07) is 16.4. The molecule has 0 spiro atoms. The number of hydrogen-bond acceptors (Lipinski definition) is 6. The van der Waals surface area contributed by atoms with Crippen LogP contribution in [0.4, 0.5) is 0 Å². The minimum atomic E-state index is -0.510. The van der Waals surface area contributed by atoms with Crippen molar-refractivity contribution in [3.63, 3.8) is 0 Å². The van der Waals surface area contributed by atoms with Crippen molar-refractivity contribution in [2.24, 2.45) is 5.10 Å². The smallest absolute Gasteiger partial charge is 0.230 e. The van der Waals surface area contributed by atoms with Gasteiger partial charge in [-0.2, -0.15) is 5.10 Å². The van der Waals surface area contributed by atoms with E-state index in [0.29, 0.717) is 28.5 Å². The Kier molecular flexibility index (Phi) is 4.28. The summed E-state index contributed by atoms with van der Waals surface area (Å²) < 4.78 is 11.9. The standard InChI is InChI=1S/C22H18ClN3O3/c1-28-20-7-4-5-14-18-12-17(15-11-13(23)8-9-19(15)27)25-26(18)22(29-21(14)20)16-6-2-3-10-24-16/h2-11,18,22,27H,12H2,1H3/t18-,22-/m0/s1. The van der Waals surface area contributed by atoms with Crippen LogP contribution < -0.4 is 9.47 Å². The van der Waals surface area contributed by atoms with Crippen molar-refractivity contribution in [1.82, 2.24) is 9.99 Å². The molecule has 0 unspecified atom stereocenters. The quantitative estimate of drug-likeness (QED) is 0.682. The monoisotopic (exact) mass is 407 g/mol. The third kappa shape index (κ3) is 2.96. The van der Waals surface area contributed by atoms with E-state index in [2.05, 4.69) is 4.98 Å². The van der Waals surface area contributed by atoms with Gasteiger partial charge in [-0.05, 0) is 36.4 Å². The second-order valence-corrected chi connectivity index (χ2v) is 7.35. The Labute approximate surface area is 173 Å². The third-order valence-electron chi connectivity index (χ3n) is 5.21. The molecule has 0 aliphatic carbocycles. The van der Waals surface area contributed by atoms with Crippen LogP contribution in [-0.4, -0.2) is 27.9 Å². The summed E-state index contributed by atoms with van der Waals surface area (Å²) >= 11 is 6.16. The van der Waals surface area contributed by atoms with Crippen LogP contribution in [-0.2, 0) is 0 Å². The molecule has 0 fully saturated rings. The highest BCUT2D eigenvalue weighted by Gasteiger charge is 2.43. The SMILES string of the molecule is COc1cccc2c1O[C@@H](c1ccccn1)N1N=C(c3cc(Cl)ccc3O)C[C@@H]21. The predicted octanol–water partition coefficient (Wildman–Crippen LogP) is 4.69. The molecule has 0 radical (unpaired) electrons. The molecule has 6 nitrogen and oxygen atoms in total. The van der Waals surface area contributed by atoms with Crippen molar-refractivity contribution < 1.29 is 14.6 Å². The largest absolute Gasteiger partial charge is 0.507 e. The lowest BCUT2D eigenvalue weighted by molar-refractivity contribution is -0.0236. The average Bonchev–Trinajstić information content (AvgIpc) is 3.20. The van der Waals surface area contributed by atoms with Crippen molar-refractivity contribution in [3.8, 4) is 17.2 Å². The number of fused-ring (bicyclic) bond motifs is 3. The molecule has 0 saturated carbocycles. The van der Waals surface area contributed by atoms with Crippen LogP contribution in [0, 0.1) is 0 Å². The molecule has 3 aromatic rings. The van der Waals surface area contributed by atoms with Gasteiger partial charge in [0.05, 0.1) is 18.9 Å². The van der Waals surface area contributed by atoms with E-state index in [0.717, 1.165) is 17.0 Å². The fourth-order valence-electron chi connectivity index (χ4n) is 3.86. The predicted molar refractivity (Wildman–Crippen MR) is 109 cm³/mol. The van der Waals surface area contributed by atoms with Gasteiger partial charge in [0.25, 0.3) is 0 Å². The van der Waals surface area contributed by atoms with E-state index in [1.165, 1.54) is 0 Å². The summed E-state index contributed by atoms with van der Waals surface area (Å²) in [6.45, 7) is 0. The molecule has 1 N–H and O–H groups in total. The minimum Gasteiger partial charge on any atom is -0.507 e. The normalized spacial score (nSPS) is 19.8. The van der Waals surface area contributed by atoms with E-state index >= 15 is 0 Å². The first-order valence-electron chi connectivity index (χ1n) is 9.25. The number of phenolic OH excluding ortho intramolecular Hbond substituents is 1. The number of halogens is 1. The number of hydrogen-bond donors (Lipinski definition) is 1. The highest BCUT2D eigenvalue weighted by molar-refractivity contribution is 6.31. The van der Waals surface area contributed by atoms with E-state index < -0.39 is 6.23 Å². The lowest BCUT2D eigenvalue weighted by Gasteiger charge is -2.38. The molecule has 0 bridgehead atoms. The summed E-state index contributed by atoms with van der Waals surface area (Å²) in [5, 5.41) is 17.6. The molecule has 29 heavy (non-hydrogen) atoms. The van der Waals surface area contributed by atoms with Crippen LogP contribution >= 0.6 is 11.6 Å². The van der Waals surface area contributed by atoms with Crippen LogP contribution in [0.2, 0.25) is 5.02 Å². The van der Waals surface area contributed by atoms with Gasteiger partial charge < -0.3 is 14.6 Å².